The quantitative estimate of drug-likeness (QED) is 0.440. The van der Waals surface area contributed by atoms with Crippen LogP contribution in [0, 0.1) is 0 Å². The van der Waals surface area contributed by atoms with Gasteiger partial charge in [0, 0.05) is 38.8 Å². The number of amides is 3. The molecule has 0 radical (unpaired) electrons. The number of anilines is 1. The number of rotatable bonds is 6. The summed E-state index contributed by atoms with van der Waals surface area (Å²) in [5, 5.41) is 13.1. The van der Waals surface area contributed by atoms with E-state index in [1.165, 1.54) is 18.9 Å². The Morgan fingerprint density at radius 2 is 1.65 bits per heavy atom. The summed E-state index contributed by atoms with van der Waals surface area (Å²) in [5.41, 5.74) is 2.03. The van der Waals surface area contributed by atoms with Crippen molar-refractivity contribution in [1.29, 1.82) is 0 Å². The van der Waals surface area contributed by atoms with Gasteiger partial charge in [0.05, 0.1) is 31.4 Å². The van der Waals surface area contributed by atoms with E-state index >= 15 is 0 Å². The van der Waals surface area contributed by atoms with Crippen molar-refractivity contribution in [3.05, 3.63) is 65.2 Å². The summed E-state index contributed by atoms with van der Waals surface area (Å²) < 4.78 is 4.73. The van der Waals surface area contributed by atoms with E-state index in [4.69, 9.17) is 4.74 Å². The Balaban J connectivity index is 1.31. The predicted molar refractivity (Wildman–Crippen MR) is 133 cm³/mol. The van der Waals surface area contributed by atoms with Crippen LogP contribution in [-0.4, -0.2) is 87.9 Å². The average molecular weight is 507 g/mol. The van der Waals surface area contributed by atoms with Crippen molar-refractivity contribution in [1.82, 2.24) is 14.7 Å². The van der Waals surface area contributed by atoms with E-state index < -0.39 is 23.7 Å². The highest BCUT2D eigenvalue weighted by Crippen LogP contribution is 2.41. The number of esters is 1. The fourth-order valence-electron chi connectivity index (χ4n) is 5.65. The van der Waals surface area contributed by atoms with E-state index in [-0.39, 0.29) is 24.3 Å². The summed E-state index contributed by atoms with van der Waals surface area (Å²) in [7, 11) is 1.31. The van der Waals surface area contributed by atoms with Gasteiger partial charge in [-0.3, -0.25) is 29.1 Å². The Labute approximate surface area is 214 Å². The van der Waals surface area contributed by atoms with E-state index in [2.05, 4.69) is 10.2 Å². The molecule has 194 valence electrons. The summed E-state index contributed by atoms with van der Waals surface area (Å²) in [5.74, 6) is -1.13. The predicted octanol–water partition coefficient (Wildman–Crippen LogP) is 0.990. The number of methoxy groups -OCH3 is 1. The van der Waals surface area contributed by atoms with Crippen molar-refractivity contribution in [2.75, 3.05) is 32.1 Å². The second-order valence-electron chi connectivity index (χ2n) is 10.0. The minimum atomic E-state index is -0.863. The Morgan fingerprint density at radius 3 is 2.27 bits per heavy atom. The topological polar surface area (TPSA) is 119 Å². The molecule has 2 aromatic rings. The fourth-order valence-corrected chi connectivity index (χ4v) is 5.65. The first-order valence-corrected chi connectivity index (χ1v) is 12.3. The molecule has 2 N–H and O–H groups in total. The third-order valence-corrected chi connectivity index (χ3v) is 7.39. The molecule has 2 atom stereocenters. The molecule has 3 aliphatic rings. The zero-order valence-corrected chi connectivity index (χ0v) is 20.8. The van der Waals surface area contributed by atoms with E-state index in [0.29, 0.717) is 38.2 Å². The highest BCUT2D eigenvalue weighted by Gasteiger charge is 2.64. The van der Waals surface area contributed by atoms with E-state index in [1.54, 1.807) is 24.3 Å². The smallest absolute Gasteiger partial charge is 0.337 e. The van der Waals surface area contributed by atoms with E-state index in [1.807, 2.05) is 29.2 Å². The van der Waals surface area contributed by atoms with Crippen LogP contribution >= 0.6 is 0 Å². The van der Waals surface area contributed by atoms with Crippen LogP contribution in [0.15, 0.2) is 48.5 Å². The number of aliphatic hydroxyl groups is 1. The normalized spacial score (nSPS) is 23.1. The lowest BCUT2D eigenvalue weighted by molar-refractivity contribution is -0.181. The fraction of sp³-hybridized carbons (Fsp3) is 0.407. The van der Waals surface area contributed by atoms with Gasteiger partial charge >= 0.3 is 5.97 Å². The van der Waals surface area contributed by atoms with Gasteiger partial charge in [0.25, 0.3) is 5.91 Å². The Hall–Kier alpha value is -3.60. The molecule has 0 unspecified atom stereocenters. The number of nitrogens with zero attached hydrogens (tertiary/aromatic N) is 3. The number of likely N-dealkylation sites (tertiary alicyclic amines) is 1. The SMILES string of the molecule is COC(=O)c1ccc(CN2C(=O)[C@@H]3C[C@@H](O)CN3C3(CN(Cc4ccc(NC(C)=O)cc4)C3)C2=O)cc1. The molecule has 3 amide bonds. The molecule has 5 rings (SSSR count). The van der Waals surface area contributed by atoms with Crippen LogP contribution in [0.4, 0.5) is 5.69 Å². The highest BCUT2D eigenvalue weighted by molar-refractivity contribution is 6.06. The molecule has 10 nitrogen and oxygen atoms in total. The standard InChI is InChI=1S/C27H30N4O6/c1-17(32)28-21-9-5-18(6-10-21)12-29-15-27(16-29)26(36)30(24(34)23-11-22(33)14-31(23)27)13-19-3-7-20(8-4-19)25(35)37-2/h3-10,22-23,33H,11-16H2,1-2H3,(H,28,32)/t22-,23+/m1/s1. The summed E-state index contributed by atoms with van der Waals surface area (Å²) in [6.45, 7) is 3.39. The number of hydrogen-bond donors (Lipinski definition) is 2. The molecule has 0 bridgehead atoms. The molecule has 0 aromatic heterocycles. The van der Waals surface area contributed by atoms with Gasteiger partial charge < -0.3 is 15.2 Å². The van der Waals surface area contributed by atoms with Gasteiger partial charge in [0.1, 0.15) is 5.54 Å². The molecular formula is C27H30N4O6. The molecule has 3 saturated heterocycles. The number of aliphatic hydroxyl groups excluding tert-OH is 1. The Bertz CT molecular complexity index is 1220. The van der Waals surface area contributed by atoms with Crippen LogP contribution in [0.25, 0.3) is 0 Å². The zero-order chi connectivity index (χ0) is 26.3. The molecule has 0 aliphatic carbocycles. The lowest BCUT2D eigenvalue weighted by atomic mass is 9.82. The van der Waals surface area contributed by atoms with Crippen LogP contribution in [-0.2, 0) is 32.2 Å². The van der Waals surface area contributed by atoms with Crippen LogP contribution in [0.2, 0.25) is 0 Å². The maximum atomic E-state index is 13.8. The van der Waals surface area contributed by atoms with Crippen molar-refractivity contribution < 1.29 is 29.0 Å². The lowest BCUT2D eigenvalue weighted by Gasteiger charge is -2.58. The van der Waals surface area contributed by atoms with Gasteiger partial charge in [0.2, 0.25) is 11.8 Å². The van der Waals surface area contributed by atoms with Gasteiger partial charge in [0.15, 0.2) is 0 Å². The van der Waals surface area contributed by atoms with Gasteiger partial charge in [-0.25, -0.2) is 4.79 Å². The number of ether oxygens (including phenoxy) is 1. The van der Waals surface area contributed by atoms with Gasteiger partial charge in [-0.15, -0.1) is 0 Å². The average Bonchev–Trinajstić information content (AvgIpc) is 3.25. The van der Waals surface area contributed by atoms with E-state index in [9.17, 15) is 24.3 Å². The van der Waals surface area contributed by atoms with Crippen LogP contribution in [0.1, 0.15) is 34.8 Å². The summed E-state index contributed by atoms with van der Waals surface area (Å²) >= 11 is 0. The molecule has 3 heterocycles. The molecule has 3 aliphatic heterocycles. The second kappa shape index (κ2) is 9.70. The number of benzene rings is 2. The Kier molecular flexibility index (Phi) is 6.57. The van der Waals surface area contributed by atoms with Crippen LogP contribution in [0.5, 0.6) is 0 Å². The van der Waals surface area contributed by atoms with Crippen molar-refractivity contribution in [3.63, 3.8) is 0 Å². The molecule has 3 fully saturated rings. The van der Waals surface area contributed by atoms with Crippen molar-refractivity contribution >= 4 is 29.4 Å². The Morgan fingerprint density at radius 1 is 1.03 bits per heavy atom. The van der Waals surface area contributed by atoms with Gasteiger partial charge in [-0.1, -0.05) is 24.3 Å². The number of β-amino-alcohol motifs (C(OH)–C–C–N with tert-alkyl or cyclic N) is 1. The van der Waals surface area contributed by atoms with Crippen molar-refractivity contribution in [3.8, 4) is 0 Å². The number of carbonyl (C=O) groups excluding carboxylic acids is 4. The highest BCUT2D eigenvalue weighted by atomic mass is 16.5. The molecular weight excluding hydrogens is 476 g/mol. The molecule has 0 saturated carbocycles. The summed E-state index contributed by atoms with van der Waals surface area (Å²) in [6, 6.07) is 13.7. The van der Waals surface area contributed by atoms with E-state index in [0.717, 1.165) is 16.8 Å². The van der Waals surface area contributed by atoms with Crippen LogP contribution < -0.4 is 5.32 Å². The van der Waals surface area contributed by atoms with Crippen molar-refractivity contribution in [2.24, 2.45) is 0 Å². The van der Waals surface area contributed by atoms with Gasteiger partial charge in [-0.2, -0.15) is 0 Å². The number of fused-ring (bicyclic) bond motifs is 2. The summed E-state index contributed by atoms with van der Waals surface area (Å²) in [4.78, 5) is 55.5. The number of hydrogen-bond acceptors (Lipinski definition) is 8. The first kappa shape index (κ1) is 25.1. The van der Waals surface area contributed by atoms with Crippen molar-refractivity contribution in [2.45, 2.75) is 44.1 Å². The minimum absolute atomic E-state index is 0.103. The molecule has 1 spiro atoms. The molecule has 2 aromatic carbocycles. The maximum Gasteiger partial charge on any atom is 0.337 e. The number of imide groups is 1. The van der Waals surface area contributed by atoms with Crippen LogP contribution in [0.3, 0.4) is 0 Å². The number of piperazine rings is 1. The largest absolute Gasteiger partial charge is 0.465 e. The van der Waals surface area contributed by atoms with Gasteiger partial charge in [-0.05, 0) is 41.8 Å². The summed E-state index contributed by atoms with van der Waals surface area (Å²) in [6.07, 6.45) is -0.357. The molecule has 37 heavy (non-hydrogen) atoms. The first-order valence-electron chi connectivity index (χ1n) is 12.3. The monoisotopic (exact) mass is 506 g/mol. The first-order chi connectivity index (χ1) is 17.7. The lowest BCUT2D eigenvalue weighted by Crippen LogP contribution is -2.81. The second-order valence-corrected chi connectivity index (χ2v) is 10.0. The third kappa shape index (κ3) is 4.63. The maximum absolute atomic E-state index is 13.8. The number of carbonyl (C=O) groups is 4. The zero-order valence-electron chi connectivity index (χ0n) is 20.8. The third-order valence-electron chi connectivity index (χ3n) is 7.39. The molecule has 10 heteroatoms. The minimum Gasteiger partial charge on any atom is -0.465 e. The number of nitrogens with one attached hydrogen (secondary N) is 1.